The molecule has 1 aliphatic heterocycles. The van der Waals surface area contributed by atoms with Crippen molar-refractivity contribution in [1.29, 1.82) is 0 Å². The van der Waals surface area contributed by atoms with Gasteiger partial charge >= 0.3 is 0 Å². The van der Waals surface area contributed by atoms with Crippen LogP contribution in [0.2, 0.25) is 0 Å². The van der Waals surface area contributed by atoms with Crippen molar-refractivity contribution in [3.63, 3.8) is 0 Å². The molecule has 1 fully saturated rings. The molecule has 20 heavy (non-hydrogen) atoms. The summed E-state index contributed by atoms with van der Waals surface area (Å²) in [5.74, 6) is 1.04. The minimum Gasteiger partial charge on any atom is -0.298 e. The van der Waals surface area contributed by atoms with Crippen LogP contribution < -0.4 is 0 Å². The largest absolute Gasteiger partial charge is 0.298 e. The highest BCUT2D eigenvalue weighted by molar-refractivity contribution is 5.19. The molecule has 0 radical (unpaired) electrons. The van der Waals surface area contributed by atoms with Crippen LogP contribution in [0.1, 0.15) is 39.2 Å². The van der Waals surface area contributed by atoms with E-state index in [9.17, 15) is 8.78 Å². The summed E-state index contributed by atoms with van der Waals surface area (Å²) in [6.45, 7) is 8.97. The average Bonchev–Trinajstić information content (AvgIpc) is 2.42. The highest BCUT2D eigenvalue weighted by atomic mass is 19.1. The Hall–Kier alpha value is -0.960. The number of halogens is 2. The van der Waals surface area contributed by atoms with E-state index in [1.807, 2.05) is 0 Å². The lowest BCUT2D eigenvalue weighted by atomic mass is 9.81. The van der Waals surface area contributed by atoms with Gasteiger partial charge in [0.25, 0.3) is 0 Å². The Morgan fingerprint density at radius 3 is 2.40 bits per heavy atom. The summed E-state index contributed by atoms with van der Waals surface area (Å²) in [4.78, 5) is 2.23. The maximum atomic E-state index is 13.8. The molecular formula is C17H25F2N. The second-order valence-electron chi connectivity index (χ2n) is 6.41. The molecule has 1 nitrogen and oxygen atoms in total. The molecule has 0 bridgehead atoms. The van der Waals surface area contributed by atoms with E-state index in [-0.39, 0.29) is 5.56 Å². The molecule has 2 unspecified atom stereocenters. The lowest BCUT2D eigenvalue weighted by Gasteiger charge is -2.39. The van der Waals surface area contributed by atoms with Gasteiger partial charge in [-0.25, -0.2) is 8.78 Å². The normalized spacial score (nSPS) is 24.3. The Morgan fingerprint density at radius 2 is 1.85 bits per heavy atom. The maximum Gasteiger partial charge on any atom is 0.130 e. The van der Waals surface area contributed by atoms with Crippen molar-refractivity contribution in [2.45, 2.75) is 40.2 Å². The van der Waals surface area contributed by atoms with Gasteiger partial charge in [0.2, 0.25) is 0 Å². The van der Waals surface area contributed by atoms with Crippen molar-refractivity contribution in [3.05, 3.63) is 35.4 Å². The summed E-state index contributed by atoms with van der Waals surface area (Å²) in [6.07, 6.45) is 2.38. The third kappa shape index (κ3) is 3.57. The SMILES string of the molecule is CCC1CC(C(C)C)CN(Cc2c(F)cccc2F)C1. The third-order valence-corrected chi connectivity index (χ3v) is 4.61. The fraction of sp³-hybridized carbons (Fsp3) is 0.647. The average molecular weight is 281 g/mol. The second kappa shape index (κ2) is 6.66. The fourth-order valence-electron chi connectivity index (χ4n) is 3.16. The molecule has 2 atom stereocenters. The van der Waals surface area contributed by atoms with Crippen LogP contribution in [0.3, 0.4) is 0 Å². The lowest BCUT2D eigenvalue weighted by Crippen LogP contribution is -2.41. The quantitative estimate of drug-likeness (QED) is 0.787. The number of rotatable bonds is 4. The molecule has 1 saturated heterocycles. The van der Waals surface area contributed by atoms with Gasteiger partial charge in [-0.1, -0.05) is 33.3 Å². The molecule has 0 amide bonds. The van der Waals surface area contributed by atoms with Crippen molar-refractivity contribution >= 4 is 0 Å². The van der Waals surface area contributed by atoms with Gasteiger partial charge in [-0.2, -0.15) is 0 Å². The molecule has 0 aliphatic carbocycles. The molecule has 1 aromatic rings. The van der Waals surface area contributed by atoms with E-state index in [1.165, 1.54) is 24.6 Å². The number of hydrogen-bond donors (Lipinski definition) is 0. The van der Waals surface area contributed by atoms with Crippen LogP contribution in [-0.4, -0.2) is 18.0 Å². The molecule has 3 heteroatoms. The Kier molecular flexibility index (Phi) is 5.14. The van der Waals surface area contributed by atoms with E-state index in [0.29, 0.717) is 24.3 Å². The van der Waals surface area contributed by atoms with Crippen LogP contribution in [0.15, 0.2) is 18.2 Å². The van der Waals surface area contributed by atoms with Gasteiger partial charge in [-0.15, -0.1) is 0 Å². The molecular weight excluding hydrogens is 256 g/mol. The first-order valence-electron chi connectivity index (χ1n) is 7.66. The standard InChI is InChI=1S/C17H25F2N/c1-4-13-8-14(12(2)3)10-20(9-13)11-15-16(18)6-5-7-17(15)19/h5-7,12-14H,4,8-11H2,1-3H3. The van der Waals surface area contributed by atoms with E-state index in [1.54, 1.807) is 0 Å². The van der Waals surface area contributed by atoms with Crippen LogP contribution in [0.5, 0.6) is 0 Å². The molecule has 0 saturated carbocycles. The van der Waals surface area contributed by atoms with E-state index in [2.05, 4.69) is 25.7 Å². The zero-order valence-electron chi connectivity index (χ0n) is 12.7. The van der Waals surface area contributed by atoms with Gasteiger partial charge in [-0.3, -0.25) is 4.90 Å². The van der Waals surface area contributed by atoms with E-state index in [4.69, 9.17) is 0 Å². The van der Waals surface area contributed by atoms with Gasteiger partial charge < -0.3 is 0 Å². The zero-order valence-corrected chi connectivity index (χ0v) is 12.7. The second-order valence-corrected chi connectivity index (χ2v) is 6.41. The van der Waals surface area contributed by atoms with Crippen LogP contribution >= 0.6 is 0 Å². The van der Waals surface area contributed by atoms with E-state index in [0.717, 1.165) is 19.5 Å². The van der Waals surface area contributed by atoms with Gasteiger partial charge in [-0.05, 0) is 36.3 Å². The van der Waals surface area contributed by atoms with E-state index >= 15 is 0 Å². The number of piperidine rings is 1. The first-order chi connectivity index (χ1) is 9.51. The Morgan fingerprint density at radius 1 is 1.20 bits per heavy atom. The third-order valence-electron chi connectivity index (χ3n) is 4.61. The highest BCUT2D eigenvalue weighted by Gasteiger charge is 2.28. The summed E-state index contributed by atoms with van der Waals surface area (Å²) in [6, 6.07) is 4.12. The van der Waals surface area contributed by atoms with Gasteiger partial charge in [0.1, 0.15) is 11.6 Å². The predicted octanol–water partition coefficient (Wildman–Crippen LogP) is 4.47. The molecule has 0 spiro atoms. The monoisotopic (exact) mass is 281 g/mol. The van der Waals surface area contributed by atoms with Crippen molar-refractivity contribution in [1.82, 2.24) is 4.90 Å². The van der Waals surface area contributed by atoms with Crippen molar-refractivity contribution in [2.24, 2.45) is 17.8 Å². The molecule has 1 heterocycles. The van der Waals surface area contributed by atoms with E-state index < -0.39 is 11.6 Å². The van der Waals surface area contributed by atoms with Crippen LogP contribution in [0.4, 0.5) is 8.78 Å². The van der Waals surface area contributed by atoms with Crippen molar-refractivity contribution in [3.8, 4) is 0 Å². The molecule has 2 rings (SSSR count). The molecule has 1 aromatic carbocycles. The summed E-state index contributed by atoms with van der Waals surface area (Å²) >= 11 is 0. The molecule has 112 valence electrons. The molecule has 0 N–H and O–H groups in total. The maximum absolute atomic E-state index is 13.8. The van der Waals surface area contributed by atoms with Crippen LogP contribution in [0.25, 0.3) is 0 Å². The summed E-state index contributed by atoms with van der Waals surface area (Å²) < 4.78 is 27.5. The Bertz CT molecular complexity index is 424. The summed E-state index contributed by atoms with van der Waals surface area (Å²) in [7, 11) is 0. The van der Waals surface area contributed by atoms with Gasteiger partial charge in [0.15, 0.2) is 0 Å². The zero-order chi connectivity index (χ0) is 14.7. The number of benzene rings is 1. The topological polar surface area (TPSA) is 3.24 Å². The highest BCUT2D eigenvalue weighted by Crippen LogP contribution is 2.30. The minimum atomic E-state index is -0.426. The molecule has 1 aliphatic rings. The lowest BCUT2D eigenvalue weighted by molar-refractivity contribution is 0.0904. The van der Waals surface area contributed by atoms with Crippen molar-refractivity contribution in [2.75, 3.05) is 13.1 Å². The number of hydrogen-bond acceptors (Lipinski definition) is 1. The number of nitrogens with zero attached hydrogens (tertiary/aromatic N) is 1. The smallest absolute Gasteiger partial charge is 0.130 e. The first-order valence-corrected chi connectivity index (χ1v) is 7.66. The van der Waals surface area contributed by atoms with Crippen LogP contribution in [-0.2, 0) is 6.54 Å². The van der Waals surface area contributed by atoms with Crippen LogP contribution in [0, 0.1) is 29.4 Å². The van der Waals surface area contributed by atoms with Gasteiger partial charge in [0.05, 0.1) is 0 Å². The Labute approximate surface area is 121 Å². The Balaban J connectivity index is 2.11. The molecule has 0 aromatic heterocycles. The number of likely N-dealkylation sites (tertiary alicyclic amines) is 1. The van der Waals surface area contributed by atoms with Gasteiger partial charge in [0, 0.05) is 25.2 Å². The predicted molar refractivity (Wildman–Crippen MR) is 78.4 cm³/mol. The first kappa shape index (κ1) is 15.4. The van der Waals surface area contributed by atoms with Crippen molar-refractivity contribution < 1.29 is 8.78 Å². The fourth-order valence-corrected chi connectivity index (χ4v) is 3.16. The summed E-state index contributed by atoms with van der Waals surface area (Å²) in [5.41, 5.74) is 0.215. The minimum absolute atomic E-state index is 0.215. The summed E-state index contributed by atoms with van der Waals surface area (Å²) in [5, 5.41) is 0.